The summed E-state index contributed by atoms with van der Waals surface area (Å²) in [6, 6.07) is 6.44. The van der Waals surface area contributed by atoms with Gasteiger partial charge in [0, 0.05) is 0 Å². The Morgan fingerprint density at radius 2 is 2.08 bits per heavy atom. The molecule has 0 N–H and O–H groups in total. The lowest BCUT2D eigenvalue weighted by molar-refractivity contribution is 1.16. The Labute approximate surface area is 73.2 Å². The summed E-state index contributed by atoms with van der Waals surface area (Å²) in [6.45, 7) is 6.11. The largest absolute Gasteiger partial charge is 0.0955 e. The van der Waals surface area contributed by atoms with Gasteiger partial charge >= 0.3 is 0 Å². The maximum Gasteiger partial charge on any atom is -0.00256 e. The second-order valence-corrected chi connectivity index (χ2v) is 3.32. The Bertz CT molecular complexity index is 356. The van der Waals surface area contributed by atoms with Crippen LogP contribution in [0.5, 0.6) is 0 Å². The number of allylic oxidation sites excluding steroid dienone is 2. The van der Waals surface area contributed by atoms with Gasteiger partial charge in [-0.05, 0) is 30.0 Å². The molecule has 1 aliphatic rings. The van der Waals surface area contributed by atoms with Crippen molar-refractivity contribution in [2.75, 3.05) is 0 Å². The van der Waals surface area contributed by atoms with Gasteiger partial charge < -0.3 is 0 Å². The number of hydrogen-bond donors (Lipinski definition) is 0. The maximum atomic E-state index is 3.96. The van der Waals surface area contributed by atoms with E-state index < -0.39 is 0 Å². The Morgan fingerprint density at radius 1 is 1.25 bits per heavy atom. The fourth-order valence-electron chi connectivity index (χ4n) is 1.64. The highest BCUT2D eigenvalue weighted by molar-refractivity contribution is 5.64. The molecule has 0 amide bonds. The predicted molar refractivity (Wildman–Crippen MR) is 53.1 cm³/mol. The SMILES string of the molecule is C=C1C=Cc2c(C)cccc2C1. The molecule has 0 atom stereocenters. The van der Waals surface area contributed by atoms with Crippen molar-refractivity contribution >= 4 is 6.08 Å². The monoisotopic (exact) mass is 156 g/mol. The number of rotatable bonds is 0. The van der Waals surface area contributed by atoms with E-state index in [1.807, 2.05) is 0 Å². The highest BCUT2D eigenvalue weighted by Gasteiger charge is 2.07. The number of hydrogen-bond acceptors (Lipinski definition) is 0. The molecule has 0 radical (unpaired) electrons. The van der Waals surface area contributed by atoms with Crippen LogP contribution in [-0.2, 0) is 6.42 Å². The van der Waals surface area contributed by atoms with Crippen LogP contribution in [0.1, 0.15) is 16.7 Å². The van der Waals surface area contributed by atoms with Crippen molar-refractivity contribution in [2.45, 2.75) is 13.3 Å². The molecule has 0 unspecified atom stereocenters. The van der Waals surface area contributed by atoms with Gasteiger partial charge in [-0.15, -0.1) is 0 Å². The van der Waals surface area contributed by atoms with Gasteiger partial charge in [-0.2, -0.15) is 0 Å². The first-order valence-electron chi connectivity index (χ1n) is 4.22. The van der Waals surface area contributed by atoms with Crippen molar-refractivity contribution in [3.05, 3.63) is 53.1 Å². The molecular formula is C12H12. The molecule has 1 aromatic carbocycles. The minimum Gasteiger partial charge on any atom is -0.0955 e. The van der Waals surface area contributed by atoms with Gasteiger partial charge in [-0.3, -0.25) is 0 Å². The summed E-state index contributed by atoms with van der Waals surface area (Å²) in [6.07, 6.45) is 5.28. The van der Waals surface area contributed by atoms with Gasteiger partial charge in [0.2, 0.25) is 0 Å². The normalized spacial score (nSPS) is 14.6. The lowest BCUT2D eigenvalue weighted by Gasteiger charge is -2.13. The number of fused-ring (bicyclic) bond motifs is 1. The summed E-state index contributed by atoms with van der Waals surface area (Å²) in [5.74, 6) is 0. The third kappa shape index (κ3) is 1.10. The Balaban J connectivity index is 2.60. The molecule has 0 bridgehead atoms. The molecule has 2 rings (SSSR count). The average Bonchev–Trinajstić information content (AvgIpc) is 2.04. The van der Waals surface area contributed by atoms with E-state index in [1.165, 1.54) is 22.3 Å². The molecule has 0 saturated carbocycles. The van der Waals surface area contributed by atoms with Crippen LogP contribution in [0.2, 0.25) is 0 Å². The molecule has 0 saturated heterocycles. The van der Waals surface area contributed by atoms with E-state index in [9.17, 15) is 0 Å². The molecule has 12 heavy (non-hydrogen) atoms. The van der Waals surface area contributed by atoms with E-state index in [4.69, 9.17) is 0 Å². The van der Waals surface area contributed by atoms with Crippen LogP contribution >= 0.6 is 0 Å². The summed E-state index contributed by atoms with van der Waals surface area (Å²) >= 11 is 0. The molecule has 60 valence electrons. The van der Waals surface area contributed by atoms with Crippen molar-refractivity contribution in [3.63, 3.8) is 0 Å². The highest BCUT2D eigenvalue weighted by atomic mass is 14.1. The summed E-state index contributed by atoms with van der Waals surface area (Å²) in [4.78, 5) is 0. The molecule has 0 heterocycles. The summed E-state index contributed by atoms with van der Waals surface area (Å²) in [5.41, 5.74) is 5.34. The Kier molecular flexibility index (Phi) is 1.61. The summed E-state index contributed by atoms with van der Waals surface area (Å²) in [7, 11) is 0. The van der Waals surface area contributed by atoms with Crippen molar-refractivity contribution in [1.29, 1.82) is 0 Å². The van der Waals surface area contributed by atoms with E-state index >= 15 is 0 Å². The van der Waals surface area contributed by atoms with Gasteiger partial charge in [0.25, 0.3) is 0 Å². The minimum atomic E-state index is 1.01. The van der Waals surface area contributed by atoms with Gasteiger partial charge in [-0.25, -0.2) is 0 Å². The van der Waals surface area contributed by atoms with Crippen LogP contribution < -0.4 is 0 Å². The predicted octanol–water partition coefficient (Wildman–Crippen LogP) is 3.12. The van der Waals surface area contributed by atoms with Crippen molar-refractivity contribution in [1.82, 2.24) is 0 Å². The van der Waals surface area contributed by atoms with E-state index in [0.717, 1.165) is 6.42 Å². The standard InChI is InChI=1S/C12H12/c1-9-6-7-12-10(2)4-3-5-11(12)8-9/h3-7H,1,8H2,2H3. The average molecular weight is 156 g/mol. The molecule has 1 aliphatic carbocycles. The van der Waals surface area contributed by atoms with Crippen LogP contribution in [-0.4, -0.2) is 0 Å². The minimum absolute atomic E-state index is 1.01. The van der Waals surface area contributed by atoms with Crippen LogP contribution in [0, 0.1) is 6.92 Å². The molecule has 0 fully saturated rings. The fourth-order valence-corrected chi connectivity index (χ4v) is 1.64. The first-order valence-corrected chi connectivity index (χ1v) is 4.22. The van der Waals surface area contributed by atoms with E-state index in [-0.39, 0.29) is 0 Å². The van der Waals surface area contributed by atoms with Crippen LogP contribution in [0.25, 0.3) is 6.08 Å². The number of benzene rings is 1. The third-order valence-corrected chi connectivity index (χ3v) is 2.32. The van der Waals surface area contributed by atoms with Gasteiger partial charge in [0.05, 0.1) is 0 Å². The van der Waals surface area contributed by atoms with E-state index in [2.05, 4.69) is 43.9 Å². The topological polar surface area (TPSA) is 0 Å². The lowest BCUT2D eigenvalue weighted by Crippen LogP contribution is -1.97. The van der Waals surface area contributed by atoms with Crippen LogP contribution in [0.3, 0.4) is 0 Å². The van der Waals surface area contributed by atoms with E-state index in [1.54, 1.807) is 0 Å². The van der Waals surface area contributed by atoms with Crippen molar-refractivity contribution in [3.8, 4) is 0 Å². The zero-order valence-corrected chi connectivity index (χ0v) is 7.30. The van der Waals surface area contributed by atoms with Crippen molar-refractivity contribution in [2.24, 2.45) is 0 Å². The first-order chi connectivity index (χ1) is 5.77. The molecule has 0 aromatic heterocycles. The van der Waals surface area contributed by atoms with Crippen molar-refractivity contribution < 1.29 is 0 Å². The second kappa shape index (κ2) is 2.63. The lowest BCUT2D eigenvalue weighted by atomic mass is 9.92. The van der Waals surface area contributed by atoms with E-state index in [0.29, 0.717) is 0 Å². The van der Waals surface area contributed by atoms with Gasteiger partial charge in [0.15, 0.2) is 0 Å². The summed E-state index contributed by atoms with van der Waals surface area (Å²) in [5, 5.41) is 0. The van der Waals surface area contributed by atoms with Gasteiger partial charge in [0.1, 0.15) is 0 Å². The third-order valence-electron chi connectivity index (χ3n) is 2.32. The summed E-state index contributed by atoms with van der Waals surface area (Å²) < 4.78 is 0. The molecule has 0 nitrogen and oxygen atoms in total. The molecule has 0 aliphatic heterocycles. The fraction of sp³-hybridized carbons (Fsp3) is 0.167. The quantitative estimate of drug-likeness (QED) is 0.541. The highest BCUT2D eigenvalue weighted by Crippen LogP contribution is 2.23. The van der Waals surface area contributed by atoms with Crippen LogP contribution in [0.15, 0.2) is 36.4 Å². The number of aryl methyl sites for hydroxylation is 1. The smallest absolute Gasteiger partial charge is 0.00256 e. The zero-order chi connectivity index (χ0) is 8.55. The molecule has 1 aromatic rings. The molecular weight excluding hydrogens is 144 g/mol. The molecule has 0 spiro atoms. The second-order valence-electron chi connectivity index (χ2n) is 3.32. The van der Waals surface area contributed by atoms with Gasteiger partial charge in [-0.1, -0.05) is 42.5 Å². The zero-order valence-electron chi connectivity index (χ0n) is 7.30. The molecule has 0 heteroatoms. The first kappa shape index (κ1) is 7.35. The maximum absolute atomic E-state index is 3.96. The van der Waals surface area contributed by atoms with Crippen LogP contribution in [0.4, 0.5) is 0 Å². The Morgan fingerprint density at radius 3 is 2.92 bits per heavy atom. The Hall–Kier alpha value is -1.30.